The normalized spacial score (nSPS) is 15.3. The summed E-state index contributed by atoms with van der Waals surface area (Å²) in [7, 11) is 1.84. The van der Waals surface area contributed by atoms with Crippen molar-refractivity contribution in [2.24, 2.45) is 7.05 Å². The van der Waals surface area contributed by atoms with Gasteiger partial charge in [0.15, 0.2) is 11.5 Å². The SMILES string of the molecule is Cn1nc(C[C@@H](CC(=O)O)c2cc3c(c(C(C)(C)C)c2)OCCO3)cc1OCCc1ccc2c(n1)NCCC2. The van der Waals surface area contributed by atoms with Crippen molar-refractivity contribution in [1.82, 2.24) is 14.8 Å². The van der Waals surface area contributed by atoms with Gasteiger partial charge in [-0.3, -0.25) is 4.79 Å². The molecule has 4 heterocycles. The largest absolute Gasteiger partial charge is 0.486 e. The molecule has 0 saturated heterocycles. The number of ether oxygens (including phenoxy) is 3. The van der Waals surface area contributed by atoms with Crippen molar-refractivity contribution in [3.63, 3.8) is 0 Å². The van der Waals surface area contributed by atoms with E-state index in [0.717, 1.165) is 53.5 Å². The van der Waals surface area contributed by atoms with Gasteiger partial charge >= 0.3 is 5.97 Å². The zero-order chi connectivity index (χ0) is 27.6. The third kappa shape index (κ3) is 6.29. The summed E-state index contributed by atoms with van der Waals surface area (Å²) in [6.45, 7) is 8.77. The maximum atomic E-state index is 11.9. The van der Waals surface area contributed by atoms with E-state index in [-0.39, 0.29) is 17.8 Å². The average molecular weight is 535 g/mol. The minimum Gasteiger partial charge on any atom is -0.486 e. The van der Waals surface area contributed by atoms with Gasteiger partial charge < -0.3 is 24.6 Å². The number of anilines is 1. The predicted molar refractivity (Wildman–Crippen MR) is 148 cm³/mol. The zero-order valence-corrected chi connectivity index (χ0v) is 23.2. The van der Waals surface area contributed by atoms with Crippen LogP contribution in [0.25, 0.3) is 0 Å². The molecule has 9 nitrogen and oxygen atoms in total. The molecule has 0 saturated carbocycles. The summed E-state index contributed by atoms with van der Waals surface area (Å²) in [5.41, 5.74) is 4.77. The molecule has 2 aliphatic rings. The van der Waals surface area contributed by atoms with Crippen molar-refractivity contribution in [3.05, 3.63) is 58.4 Å². The summed E-state index contributed by atoms with van der Waals surface area (Å²) >= 11 is 0. The van der Waals surface area contributed by atoms with E-state index < -0.39 is 5.97 Å². The number of nitrogens with one attached hydrogen (secondary N) is 1. The quantitative estimate of drug-likeness (QED) is 0.408. The third-order valence-corrected chi connectivity index (χ3v) is 7.27. The fourth-order valence-corrected chi connectivity index (χ4v) is 5.25. The third-order valence-electron chi connectivity index (χ3n) is 7.27. The molecule has 39 heavy (non-hydrogen) atoms. The van der Waals surface area contributed by atoms with Crippen LogP contribution in [0.15, 0.2) is 30.3 Å². The molecule has 3 aromatic rings. The van der Waals surface area contributed by atoms with Crippen LogP contribution in [-0.4, -0.2) is 52.2 Å². The van der Waals surface area contributed by atoms with E-state index >= 15 is 0 Å². The lowest BCUT2D eigenvalue weighted by atomic mass is 9.81. The molecule has 0 radical (unpaired) electrons. The number of pyridine rings is 1. The number of fused-ring (bicyclic) bond motifs is 2. The van der Waals surface area contributed by atoms with Crippen molar-refractivity contribution in [2.45, 2.75) is 64.2 Å². The number of carbonyl (C=O) groups is 1. The minimum atomic E-state index is -0.855. The van der Waals surface area contributed by atoms with E-state index in [0.29, 0.717) is 44.3 Å². The van der Waals surface area contributed by atoms with Crippen LogP contribution in [0.2, 0.25) is 0 Å². The van der Waals surface area contributed by atoms with Crippen LogP contribution in [0.3, 0.4) is 0 Å². The molecule has 2 aliphatic heterocycles. The maximum Gasteiger partial charge on any atom is 0.303 e. The Kier molecular flexibility index (Phi) is 7.68. The van der Waals surface area contributed by atoms with E-state index in [1.807, 2.05) is 19.2 Å². The number of aromatic nitrogens is 3. The van der Waals surface area contributed by atoms with Gasteiger partial charge in [-0.2, -0.15) is 5.10 Å². The van der Waals surface area contributed by atoms with Crippen molar-refractivity contribution in [3.8, 4) is 17.4 Å². The summed E-state index contributed by atoms with van der Waals surface area (Å²) < 4.78 is 19.6. The summed E-state index contributed by atoms with van der Waals surface area (Å²) in [6.07, 6.45) is 3.33. The van der Waals surface area contributed by atoms with Gasteiger partial charge in [-0.25, -0.2) is 9.67 Å². The molecule has 2 N–H and O–H groups in total. The number of carboxylic acids is 1. The van der Waals surface area contributed by atoms with E-state index in [4.69, 9.17) is 19.2 Å². The number of nitrogens with zero attached hydrogens (tertiary/aromatic N) is 3. The van der Waals surface area contributed by atoms with Crippen molar-refractivity contribution in [1.29, 1.82) is 0 Å². The van der Waals surface area contributed by atoms with Gasteiger partial charge in [0.25, 0.3) is 0 Å². The Morgan fingerprint density at radius 3 is 2.79 bits per heavy atom. The van der Waals surface area contributed by atoms with Crippen molar-refractivity contribution in [2.75, 3.05) is 31.7 Å². The van der Waals surface area contributed by atoms with E-state index in [9.17, 15) is 9.90 Å². The molecule has 208 valence electrons. The average Bonchev–Trinajstić information content (AvgIpc) is 3.25. The number of aryl methyl sites for hydroxylation is 2. The van der Waals surface area contributed by atoms with Crippen LogP contribution in [0.5, 0.6) is 17.4 Å². The van der Waals surface area contributed by atoms with Gasteiger partial charge in [0.05, 0.1) is 18.7 Å². The second-order valence-electron chi connectivity index (χ2n) is 11.4. The van der Waals surface area contributed by atoms with Crippen molar-refractivity contribution < 1.29 is 24.1 Å². The molecule has 0 spiro atoms. The molecule has 0 unspecified atom stereocenters. The molecule has 0 aliphatic carbocycles. The molecule has 2 aromatic heterocycles. The molecular formula is C30H38N4O5. The number of benzene rings is 1. The standard InChI is InChI=1S/C30H38N4O5/c1-30(2,3)24-15-21(16-25-28(24)39-13-12-37-25)20(17-27(35)36)14-23-18-26(34(4)33-23)38-11-9-22-8-7-19-6-5-10-31-29(19)32-22/h7-8,15-16,18,20H,5-6,9-14,17H2,1-4H3,(H,31,32)(H,35,36)/t20-/m0/s1. The summed E-state index contributed by atoms with van der Waals surface area (Å²) in [6, 6.07) is 10.1. The first-order valence-electron chi connectivity index (χ1n) is 13.7. The summed E-state index contributed by atoms with van der Waals surface area (Å²) in [5, 5.41) is 17.7. The van der Waals surface area contributed by atoms with Crippen LogP contribution >= 0.6 is 0 Å². The van der Waals surface area contributed by atoms with Gasteiger partial charge in [-0.15, -0.1) is 0 Å². The van der Waals surface area contributed by atoms with E-state index in [2.05, 4.69) is 49.4 Å². The Morgan fingerprint density at radius 1 is 1.18 bits per heavy atom. The highest BCUT2D eigenvalue weighted by Crippen LogP contribution is 2.43. The van der Waals surface area contributed by atoms with Crippen LogP contribution in [0, 0.1) is 0 Å². The molecule has 9 heteroatoms. The number of aliphatic carboxylic acids is 1. The molecule has 0 bridgehead atoms. The Morgan fingerprint density at radius 2 is 2.00 bits per heavy atom. The van der Waals surface area contributed by atoms with Crippen molar-refractivity contribution >= 4 is 11.8 Å². The lowest BCUT2D eigenvalue weighted by Crippen LogP contribution is -2.22. The predicted octanol–water partition coefficient (Wildman–Crippen LogP) is 4.66. The highest BCUT2D eigenvalue weighted by molar-refractivity contribution is 5.68. The van der Waals surface area contributed by atoms with Crippen LogP contribution in [0.4, 0.5) is 5.82 Å². The van der Waals surface area contributed by atoms with Crippen LogP contribution < -0.4 is 19.5 Å². The first-order chi connectivity index (χ1) is 18.7. The zero-order valence-electron chi connectivity index (χ0n) is 23.2. The molecule has 0 fully saturated rings. The Bertz CT molecular complexity index is 1340. The number of hydrogen-bond donors (Lipinski definition) is 2. The highest BCUT2D eigenvalue weighted by Gasteiger charge is 2.28. The topological polar surface area (TPSA) is 108 Å². The fourth-order valence-electron chi connectivity index (χ4n) is 5.25. The van der Waals surface area contributed by atoms with Gasteiger partial charge in [0.2, 0.25) is 5.88 Å². The Hall–Kier alpha value is -3.75. The highest BCUT2D eigenvalue weighted by atomic mass is 16.6. The molecule has 1 atom stereocenters. The van der Waals surface area contributed by atoms with Gasteiger partial charge in [0.1, 0.15) is 19.0 Å². The van der Waals surface area contributed by atoms with E-state index in [1.165, 1.54) is 5.56 Å². The van der Waals surface area contributed by atoms with Gasteiger partial charge in [-0.1, -0.05) is 32.9 Å². The number of carboxylic acid groups (broad SMARTS) is 1. The monoisotopic (exact) mass is 534 g/mol. The molecule has 5 rings (SSSR count). The maximum absolute atomic E-state index is 11.9. The van der Waals surface area contributed by atoms with Crippen LogP contribution in [-0.2, 0) is 36.5 Å². The lowest BCUT2D eigenvalue weighted by molar-refractivity contribution is -0.137. The second-order valence-corrected chi connectivity index (χ2v) is 11.4. The van der Waals surface area contributed by atoms with Gasteiger partial charge in [-0.05, 0) is 47.9 Å². The first-order valence-corrected chi connectivity index (χ1v) is 13.7. The second kappa shape index (κ2) is 11.2. The molecule has 0 amide bonds. The summed E-state index contributed by atoms with van der Waals surface area (Å²) in [4.78, 5) is 16.6. The fraction of sp³-hybridized carbons (Fsp3) is 0.500. The smallest absolute Gasteiger partial charge is 0.303 e. The van der Waals surface area contributed by atoms with Gasteiger partial charge in [0, 0.05) is 43.3 Å². The Balaban J connectivity index is 1.31. The summed E-state index contributed by atoms with van der Waals surface area (Å²) in [5.74, 6) is 1.92. The van der Waals surface area contributed by atoms with E-state index in [1.54, 1.807) is 4.68 Å². The van der Waals surface area contributed by atoms with Crippen LogP contribution in [0.1, 0.15) is 67.6 Å². The molecular weight excluding hydrogens is 496 g/mol. The lowest BCUT2D eigenvalue weighted by Gasteiger charge is -2.29. The number of hydrogen-bond acceptors (Lipinski definition) is 7. The molecule has 1 aromatic carbocycles. The Labute approximate surface area is 229 Å². The first kappa shape index (κ1) is 26.8. The number of rotatable bonds is 9. The minimum absolute atomic E-state index is 0.0198.